The van der Waals surface area contributed by atoms with Gasteiger partial charge in [-0.1, -0.05) is 17.7 Å². The normalized spacial score (nSPS) is 13.5. The predicted molar refractivity (Wildman–Crippen MR) is 75.4 cm³/mol. The van der Waals surface area contributed by atoms with E-state index in [-0.39, 0.29) is 0 Å². The van der Waals surface area contributed by atoms with Crippen LogP contribution in [0.2, 0.25) is 5.02 Å². The molecule has 0 spiro atoms. The molecule has 0 aliphatic rings. The summed E-state index contributed by atoms with van der Waals surface area (Å²) in [7, 11) is 0. The van der Waals surface area contributed by atoms with Gasteiger partial charge in [-0.25, -0.2) is 10.4 Å². The Kier molecular flexibility index (Phi) is 4.70. The summed E-state index contributed by atoms with van der Waals surface area (Å²) in [6.45, 7) is 0. The highest BCUT2D eigenvalue weighted by Crippen LogP contribution is 2.36. The number of hydrazine groups is 1. The molecule has 0 aliphatic carbocycles. The number of alkyl halides is 3. The Balaban J connectivity index is 2.37. The summed E-state index contributed by atoms with van der Waals surface area (Å²) in [6, 6.07) is 4.44. The highest BCUT2D eigenvalue weighted by Gasteiger charge is 2.35. The first kappa shape index (κ1) is 15.7. The van der Waals surface area contributed by atoms with Gasteiger partial charge in [0.2, 0.25) is 0 Å². The molecule has 3 nitrogen and oxygen atoms in total. The minimum absolute atomic E-state index is 0.359. The van der Waals surface area contributed by atoms with Gasteiger partial charge in [0.1, 0.15) is 0 Å². The second-order valence-corrected chi connectivity index (χ2v) is 6.16. The fraction of sp³-hybridized carbons (Fsp3) is 0.182. The first-order chi connectivity index (χ1) is 9.32. The molecule has 2 aromatic rings. The fourth-order valence-corrected chi connectivity index (χ4v) is 2.89. The van der Waals surface area contributed by atoms with Gasteiger partial charge in [-0.3, -0.25) is 5.84 Å². The van der Waals surface area contributed by atoms with Gasteiger partial charge in [0.25, 0.3) is 0 Å². The number of nitrogens with one attached hydrogen (secondary N) is 1. The highest BCUT2D eigenvalue weighted by atomic mass is 79.9. The van der Waals surface area contributed by atoms with Crippen molar-refractivity contribution in [1.29, 1.82) is 0 Å². The quantitative estimate of drug-likeness (QED) is 0.616. The number of benzene rings is 1. The molecule has 0 saturated carbocycles. The van der Waals surface area contributed by atoms with E-state index in [1.165, 1.54) is 0 Å². The lowest BCUT2D eigenvalue weighted by atomic mass is 10.1. The topological polar surface area (TPSA) is 50.9 Å². The minimum atomic E-state index is -4.46. The van der Waals surface area contributed by atoms with Crippen molar-refractivity contribution in [3.63, 3.8) is 0 Å². The van der Waals surface area contributed by atoms with Gasteiger partial charge < -0.3 is 0 Å². The Morgan fingerprint density at radius 1 is 1.40 bits per heavy atom. The van der Waals surface area contributed by atoms with Gasteiger partial charge in [0.05, 0.1) is 11.1 Å². The van der Waals surface area contributed by atoms with Crippen molar-refractivity contribution in [2.75, 3.05) is 0 Å². The van der Waals surface area contributed by atoms with Crippen molar-refractivity contribution in [1.82, 2.24) is 10.4 Å². The third kappa shape index (κ3) is 3.32. The lowest BCUT2D eigenvalue weighted by molar-refractivity contribution is -0.137. The molecule has 0 fully saturated rings. The van der Waals surface area contributed by atoms with Gasteiger partial charge in [-0.15, -0.1) is 11.3 Å². The maximum absolute atomic E-state index is 12.6. The van der Waals surface area contributed by atoms with Gasteiger partial charge in [0.15, 0.2) is 5.01 Å². The molecule has 0 saturated heterocycles. The maximum atomic E-state index is 12.6. The molecule has 1 unspecified atom stereocenters. The molecule has 1 aromatic heterocycles. The van der Waals surface area contributed by atoms with Gasteiger partial charge in [-0.2, -0.15) is 13.2 Å². The molecule has 3 N–H and O–H groups in total. The molecule has 1 atom stereocenters. The molecule has 1 aromatic carbocycles. The van der Waals surface area contributed by atoms with Crippen LogP contribution in [-0.4, -0.2) is 4.98 Å². The SMILES string of the molecule is NNC(c1ccc(Br)c(Cl)c1)c1cnc(C(F)(F)F)s1. The molecular formula is C11H8BrClF3N3S. The van der Waals surface area contributed by atoms with Crippen LogP contribution in [0.3, 0.4) is 0 Å². The van der Waals surface area contributed by atoms with E-state index in [2.05, 4.69) is 26.3 Å². The molecule has 9 heteroatoms. The van der Waals surface area contributed by atoms with Crippen LogP contribution in [-0.2, 0) is 6.18 Å². The lowest BCUT2D eigenvalue weighted by Crippen LogP contribution is -2.28. The Labute approximate surface area is 130 Å². The predicted octanol–water partition coefficient (Wildman–Crippen LogP) is 4.13. The highest BCUT2D eigenvalue weighted by molar-refractivity contribution is 9.10. The third-order valence-corrected chi connectivity index (χ3v) is 4.83. The number of hydrogen-bond donors (Lipinski definition) is 2. The number of rotatable bonds is 3. The first-order valence-electron chi connectivity index (χ1n) is 5.27. The fourth-order valence-electron chi connectivity index (χ4n) is 1.59. The van der Waals surface area contributed by atoms with Gasteiger partial charge in [-0.05, 0) is 33.6 Å². The zero-order chi connectivity index (χ0) is 14.9. The Morgan fingerprint density at radius 3 is 2.60 bits per heavy atom. The summed E-state index contributed by atoms with van der Waals surface area (Å²) < 4.78 is 38.4. The van der Waals surface area contributed by atoms with E-state index in [4.69, 9.17) is 17.4 Å². The summed E-state index contributed by atoms with van der Waals surface area (Å²) in [5, 5.41) is -0.459. The smallest absolute Gasteiger partial charge is 0.271 e. The lowest BCUT2D eigenvalue weighted by Gasteiger charge is -2.15. The van der Waals surface area contributed by atoms with Gasteiger partial charge in [0, 0.05) is 15.5 Å². The molecular weight excluding hydrogens is 379 g/mol. The molecule has 0 bridgehead atoms. The zero-order valence-corrected chi connectivity index (χ0v) is 12.9. The van der Waals surface area contributed by atoms with Crippen molar-refractivity contribution >= 4 is 38.9 Å². The number of thiazole rings is 1. The molecule has 20 heavy (non-hydrogen) atoms. The molecule has 108 valence electrons. The molecule has 0 radical (unpaired) electrons. The van der Waals surface area contributed by atoms with E-state index >= 15 is 0 Å². The maximum Gasteiger partial charge on any atom is 0.443 e. The third-order valence-electron chi connectivity index (χ3n) is 2.49. The molecule has 1 heterocycles. The molecule has 0 aliphatic heterocycles. The molecule has 0 amide bonds. The number of nitrogens with two attached hydrogens (primary N) is 1. The summed E-state index contributed by atoms with van der Waals surface area (Å²) in [6.07, 6.45) is -3.30. The second kappa shape index (κ2) is 5.98. The van der Waals surface area contributed by atoms with Crippen LogP contribution in [0.25, 0.3) is 0 Å². The van der Waals surface area contributed by atoms with Crippen LogP contribution in [0, 0.1) is 0 Å². The average Bonchev–Trinajstić information content (AvgIpc) is 2.84. The Hall–Kier alpha value is -0.670. The average molecular weight is 387 g/mol. The van der Waals surface area contributed by atoms with Crippen LogP contribution in [0.5, 0.6) is 0 Å². The number of hydrogen-bond acceptors (Lipinski definition) is 4. The van der Waals surface area contributed by atoms with E-state index in [0.717, 1.165) is 6.20 Å². The van der Waals surface area contributed by atoms with Crippen molar-refractivity contribution in [2.24, 2.45) is 5.84 Å². The monoisotopic (exact) mass is 385 g/mol. The van der Waals surface area contributed by atoms with Crippen LogP contribution in [0.4, 0.5) is 13.2 Å². The minimum Gasteiger partial charge on any atom is -0.271 e. The van der Waals surface area contributed by atoms with Crippen LogP contribution in [0.1, 0.15) is 21.5 Å². The second-order valence-electron chi connectivity index (χ2n) is 3.84. The number of halogens is 5. The van der Waals surface area contributed by atoms with Crippen molar-refractivity contribution < 1.29 is 13.2 Å². The van der Waals surface area contributed by atoms with E-state index < -0.39 is 17.2 Å². The Bertz CT molecular complexity index is 617. The summed E-state index contributed by atoms with van der Waals surface area (Å²) in [4.78, 5) is 3.74. The van der Waals surface area contributed by atoms with Crippen molar-refractivity contribution in [3.8, 4) is 0 Å². The van der Waals surface area contributed by atoms with Crippen molar-refractivity contribution in [3.05, 3.63) is 49.3 Å². The standard InChI is InChI=1S/C11H8BrClF3N3S/c12-6-2-1-5(3-7(6)13)9(19-17)8-4-18-10(20-8)11(14,15)16/h1-4,9,19H,17H2. The number of aromatic nitrogens is 1. The van der Waals surface area contributed by atoms with Crippen molar-refractivity contribution in [2.45, 2.75) is 12.2 Å². The van der Waals surface area contributed by atoms with Crippen LogP contribution >= 0.6 is 38.9 Å². The summed E-state index contributed by atoms with van der Waals surface area (Å²) >= 11 is 9.76. The van der Waals surface area contributed by atoms with Gasteiger partial charge >= 0.3 is 6.18 Å². The zero-order valence-electron chi connectivity index (χ0n) is 9.71. The number of nitrogens with zero attached hydrogens (tertiary/aromatic N) is 1. The Morgan fingerprint density at radius 2 is 2.10 bits per heavy atom. The van der Waals surface area contributed by atoms with E-state index in [1.54, 1.807) is 18.2 Å². The van der Waals surface area contributed by atoms with E-state index in [0.29, 0.717) is 31.3 Å². The largest absolute Gasteiger partial charge is 0.443 e. The summed E-state index contributed by atoms with van der Waals surface area (Å²) in [5.74, 6) is 5.44. The van der Waals surface area contributed by atoms with Crippen LogP contribution < -0.4 is 11.3 Å². The first-order valence-corrected chi connectivity index (χ1v) is 7.25. The van der Waals surface area contributed by atoms with E-state index in [1.807, 2.05) is 0 Å². The van der Waals surface area contributed by atoms with Crippen LogP contribution in [0.15, 0.2) is 28.9 Å². The summed E-state index contributed by atoms with van der Waals surface area (Å²) in [5.41, 5.74) is 3.13. The van der Waals surface area contributed by atoms with E-state index in [9.17, 15) is 13.2 Å². The molecule has 2 rings (SSSR count).